The first-order valence-corrected chi connectivity index (χ1v) is 12.7. The van der Waals surface area contributed by atoms with E-state index in [0.29, 0.717) is 41.8 Å². The molecule has 1 aliphatic carbocycles. The summed E-state index contributed by atoms with van der Waals surface area (Å²) < 4.78 is 15.3. The Balaban J connectivity index is 1.18. The van der Waals surface area contributed by atoms with E-state index in [4.69, 9.17) is 0 Å². The quantitative estimate of drug-likeness (QED) is 0.500. The fraction of sp³-hybridized carbons (Fsp3) is 0.379. The van der Waals surface area contributed by atoms with Crippen molar-refractivity contribution in [1.82, 2.24) is 14.7 Å². The maximum Gasteiger partial charge on any atom is 0.270 e. The lowest BCUT2D eigenvalue weighted by Gasteiger charge is -2.35. The van der Waals surface area contributed by atoms with Gasteiger partial charge in [0.25, 0.3) is 5.91 Å². The predicted octanol–water partition coefficient (Wildman–Crippen LogP) is 5.70. The number of nitrogens with one attached hydrogen (secondary N) is 1. The van der Waals surface area contributed by atoms with Gasteiger partial charge < -0.3 is 10.2 Å². The summed E-state index contributed by atoms with van der Waals surface area (Å²) in [5.41, 5.74) is 5.42. The van der Waals surface area contributed by atoms with Gasteiger partial charge in [0.05, 0.1) is 5.69 Å². The fourth-order valence-corrected chi connectivity index (χ4v) is 5.16. The molecule has 2 aromatic heterocycles. The van der Waals surface area contributed by atoms with Crippen LogP contribution in [-0.4, -0.2) is 28.4 Å². The number of anilines is 1. The molecule has 6 heteroatoms. The van der Waals surface area contributed by atoms with Crippen molar-refractivity contribution < 1.29 is 9.18 Å². The van der Waals surface area contributed by atoms with Crippen LogP contribution in [0.5, 0.6) is 0 Å². The highest BCUT2D eigenvalue weighted by Gasteiger charge is 2.23. The number of pyridine rings is 1. The van der Waals surface area contributed by atoms with E-state index in [1.54, 1.807) is 6.07 Å². The Bertz CT molecular complexity index is 1270. The molecule has 0 saturated carbocycles. The second-order valence-corrected chi connectivity index (χ2v) is 9.72. The number of imidazole rings is 1. The van der Waals surface area contributed by atoms with E-state index in [0.717, 1.165) is 25.1 Å². The smallest absolute Gasteiger partial charge is 0.270 e. The van der Waals surface area contributed by atoms with Gasteiger partial charge >= 0.3 is 0 Å². The molecule has 0 radical (unpaired) electrons. The molecule has 0 bridgehead atoms. The van der Waals surface area contributed by atoms with E-state index in [2.05, 4.69) is 64.6 Å². The lowest BCUT2D eigenvalue weighted by atomic mass is 9.84. The van der Waals surface area contributed by atoms with Crippen molar-refractivity contribution in [1.29, 1.82) is 0 Å². The minimum atomic E-state index is -0.396. The number of aryl methyl sites for hydroxylation is 1. The minimum absolute atomic E-state index is 0.244. The zero-order valence-corrected chi connectivity index (χ0v) is 20.5. The fourth-order valence-electron chi connectivity index (χ4n) is 5.16. The van der Waals surface area contributed by atoms with Gasteiger partial charge in [0.15, 0.2) is 0 Å². The molecule has 1 aromatic carbocycles. The van der Waals surface area contributed by atoms with Crippen LogP contribution in [0, 0.1) is 17.7 Å². The summed E-state index contributed by atoms with van der Waals surface area (Å²) in [4.78, 5) is 19.9. The van der Waals surface area contributed by atoms with Crippen LogP contribution in [0.25, 0.3) is 5.65 Å². The number of carbonyl (C=O) groups excluding carboxylic acids is 1. The topological polar surface area (TPSA) is 49.6 Å². The summed E-state index contributed by atoms with van der Waals surface area (Å²) in [7, 11) is 0. The Kier molecular flexibility index (Phi) is 6.71. The van der Waals surface area contributed by atoms with Crippen LogP contribution in [0.3, 0.4) is 0 Å². The van der Waals surface area contributed by atoms with Crippen molar-refractivity contribution in [2.24, 2.45) is 11.8 Å². The van der Waals surface area contributed by atoms with E-state index >= 15 is 0 Å². The van der Waals surface area contributed by atoms with Gasteiger partial charge in [-0.15, -0.1) is 0 Å². The molecule has 182 valence electrons. The standard InChI is InChI=1S/C29H33FN4O/c1-3-26-28(34-19-24(30)10-13-27(34)32-26)29(35)31-18-21-6-11-25(12-7-21)33-16-14-23(15-17-33)22-8-4-20(2)5-9-22/h4,6-13,19-20,23H,3,5,14-18H2,1-2H3,(H,31,35). The molecule has 1 atom stereocenters. The Morgan fingerprint density at radius 3 is 2.60 bits per heavy atom. The SMILES string of the molecule is CCc1nc2ccc(F)cn2c1C(=O)NCc1ccc(N2CCC(C3=CCC(C)C=C3)CC2)cc1. The monoisotopic (exact) mass is 472 g/mol. The highest BCUT2D eigenvalue weighted by atomic mass is 19.1. The number of nitrogens with zero attached hydrogens (tertiary/aromatic N) is 3. The molecule has 1 unspecified atom stereocenters. The average molecular weight is 473 g/mol. The zero-order chi connectivity index (χ0) is 24.4. The first kappa shape index (κ1) is 23.3. The third-order valence-electron chi connectivity index (χ3n) is 7.27. The van der Waals surface area contributed by atoms with Crippen molar-refractivity contribution in [3.05, 3.63) is 89.2 Å². The number of hydrogen-bond donors (Lipinski definition) is 1. The van der Waals surface area contributed by atoms with Crippen LogP contribution in [0.4, 0.5) is 10.1 Å². The van der Waals surface area contributed by atoms with Gasteiger partial charge in [0.1, 0.15) is 17.2 Å². The Morgan fingerprint density at radius 1 is 1.14 bits per heavy atom. The first-order valence-electron chi connectivity index (χ1n) is 12.7. The number of rotatable bonds is 6. The van der Waals surface area contributed by atoms with Gasteiger partial charge in [0, 0.05) is 31.5 Å². The van der Waals surface area contributed by atoms with Gasteiger partial charge in [-0.25, -0.2) is 9.37 Å². The molecule has 0 spiro atoms. The van der Waals surface area contributed by atoms with Crippen LogP contribution < -0.4 is 10.2 Å². The number of carbonyl (C=O) groups is 1. The van der Waals surface area contributed by atoms with Crippen molar-refractivity contribution in [2.75, 3.05) is 18.0 Å². The van der Waals surface area contributed by atoms with Crippen LogP contribution in [0.1, 0.15) is 54.9 Å². The van der Waals surface area contributed by atoms with Gasteiger partial charge in [-0.1, -0.05) is 44.2 Å². The molecule has 1 fully saturated rings. The predicted molar refractivity (Wildman–Crippen MR) is 138 cm³/mol. The summed E-state index contributed by atoms with van der Waals surface area (Å²) in [6.07, 6.45) is 12.6. The number of amides is 1. The molecular formula is C29H33FN4O. The molecule has 5 rings (SSSR count). The van der Waals surface area contributed by atoms with Gasteiger partial charge in [-0.05, 0) is 72.9 Å². The van der Waals surface area contributed by atoms with Crippen molar-refractivity contribution >= 4 is 17.2 Å². The summed E-state index contributed by atoms with van der Waals surface area (Å²) in [6.45, 7) is 6.74. The van der Waals surface area contributed by atoms with E-state index in [9.17, 15) is 9.18 Å². The average Bonchev–Trinajstić information content (AvgIpc) is 3.26. The van der Waals surface area contributed by atoms with Gasteiger partial charge in [-0.3, -0.25) is 9.20 Å². The largest absolute Gasteiger partial charge is 0.371 e. The summed E-state index contributed by atoms with van der Waals surface area (Å²) in [6, 6.07) is 11.4. The number of hydrogen-bond acceptors (Lipinski definition) is 3. The Hall–Kier alpha value is -3.41. The molecule has 1 saturated heterocycles. The second-order valence-electron chi connectivity index (χ2n) is 9.72. The van der Waals surface area contributed by atoms with Gasteiger partial charge in [-0.2, -0.15) is 0 Å². The number of allylic oxidation sites excluding steroid dienone is 4. The van der Waals surface area contributed by atoms with Crippen LogP contribution in [-0.2, 0) is 13.0 Å². The molecule has 1 aliphatic heterocycles. The van der Waals surface area contributed by atoms with Crippen molar-refractivity contribution in [3.63, 3.8) is 0 Å². The van der Waals surface area contributed by atoms with Gasteiger partial charge in [0.2, 0.25) is 0 Å². The lowest BCUT2D eigenvalue weighted by Crippen LogP contribution is -2.34. The number of aromatic nitrogens is 2. The Morgan fingerprint density at radius 2 is 1.91 bits per heavy atom. The normalized spacial score (nSPS) is 18.7. The number of benzene rings is 1. The van der Waals surface area contributed by atoms with Crippen molar-refractivity contribution in [3.8, 4) is 0 Å². The molecule has 2 aliphatic rings. The summed E-state index contributed by atoms with van der Waals surface area (Å²) >= 11 is 0. The molecular weight excluding hydrogens is 439 g/mol. The maximum atomic E-state index is 13.8. The van der Waals surface area contributed by atoms with Crippen molar-refractivity contribution in [2.45, 2.75) is 46.1 Å². The number of halogens is 1. The zero-order valence-electron chi connectivity index (χ0n) is 20.5. The minimum Gasteiger partial charge on any atom is -0.371 e. The molecule has 1 amide bonds. The van der Waals surface area contributed by atoms with E-state index < -0.39 is 5.82 Å². The number of piperidine rings is 1. The van der Waals surface area contributed by atoms with Crippen LogP contribution >= 0.6 is 0 Å². The molecule has 5 nitrogen and oxygen atoms in total. The maximum absolute atomic E-state index is 13.8. The molecule has 35 heavy (non-hydrogen) atoms. The molecule has 1 N–H and O–H groups in total. The van der Waals surface area contributed by atoms with E-state index in [-0.39, 0.29) is 5.91 Å². The van der Waals surface area contributed by atoms with Crippen LogP contribution in [0.2, 0.25) is 0 Å². The Labute approximate surface area is 206 Å². The second kappa shape index (κ2) is 10.1. The van der Waals surface area contributed by atoms with E-state index in [1.165, 1.54) is 40.8 Å². The number of fused-ring (bicyclic) bond motifs is 1. The third-order valence-corrected chi connectivity index (χ3v) is 7.27. The first-order chi connectivity index (χ1) is 17.0. The molecule has 3 aromatic rings. The lowest BCUT2D eigenvalue weighted by molar-refractivity contribution is 0.0944. The summed E-state index contributed by atoms with van der Waals surface area (Å²) in [5.74, 6) is 0.697. The third kappa shape index (κ3) is 5.02. The molecule has 3 heterocycles. The highest BCUT2D eigenvalue weighted by Crippen LogP contribution is 2.31. The highest BCUT2D eigenvalue weighted by molar-refractivity contribution is 5.94. The van der Waals surface area contributed by atoms with E-state index in [1.807, 2.05) is 6.92 Å². The van der Waals surface area contributed by atoms with Crippen LogP contribution in [0.15, 0.2) is 66.4 Å². The summed E-state index contributed by atoms with van der Waals surface area (Å²) in [5, 5.41) is 2.98.